The van der Waals surface area contributed by atoms with Gasteiger partial charge in [0.1, 0.15) is 11.4 Å². The van der Waals surface area contributed by atoms with Gasteiger partial charge in [0, 0.05) is 23.0 Å². The van der Waals surface area contributed by atoms with Crippen LogP contribution in [0.15, 0.2) is 48.7 Å². The smallest absolute Gasteiger partial charge is 0.270 e. The van der Waals surface area contributed by atoms with Gasteiger partial charge in [0.2, 0.25) is 0 Å². The normalized spacial score (nSPS) is 10.9. The van der Waals surface area contributed by atoms with Crippen molar-refractivity contribution in [3.8, 4) is 5.75 Å². The monoisotopic (exact) mass is 333 g/mol. The van der Waals surface area contributed by atoms with Gasteiger partial charge in [0.05, 0.1) is 24.9 Å². The Bertz CT molecular complexity index is 1070. The summed E-state index contributed by atoms with van der Waals surface area (Å²) in [4.78, 5) is 21.1. The quantitative estimate of drug-likeness (QED) is 0.598. The first-order valence-corrected chi connectivity index (χ1v) is 7.76. The number of H-pyrrole nitrogens is 1. The van der Waals surface area contributed by atoms with E-state index in [2.05, 4.69) is 25.5 Å². The van der Waals surface area contributed by atoms with E-state index < -0.39 is 0 Å². The molecule has 0 saturated heterocycles. The number of fused-ring (bicyclic) bond motifs is 2. The number of pyridine rings is 2. The van der Waals surface area contributed by atoms with Gasteiger partial charge < -0.3 is 10.1 Å². The van der Waals surface area contributed by atoms with Crippen LogP contribution in [0.3, 0.4) is 0 Å². The molecule has 0 fully saturated rings. The zero-order valence-electron chi connectivity index (χ0n) is 13.5. The minimum atomic E-state index is -0.282. The highest BCUT2D eigenvalue weighted by Gasteiger charge is 2.13. The van der Waals surface area contributed by atoms with Crippen molar-refractivity contribution >= 4 is 27.8 Å². The third-order valence-electron chi connectivity index (χ3n) is 3.97. The SMILES string of the molecule is COc1cc(C(=O)NCc2[nH]nc3ncccc23)nc2ccccc12. The molecule has 3 heterocycles. The van der Waals surface area contributed by atoms with Gasteiger partial charge in [0.25, 0.3) is 5.91 Å². The third kappa shape index (κ3) is 2.76. The molecule has 0 saturated carbocycles. The van der Waals surface area contributed by atoms with Gasteiger partial charge in [-0.2, -0.15) is 5.10 Å². The number of rotatable bonds is 4. The zero-order valence-corrected chi connectivity index (χ0v) is 13.5. The molecule has 4 aromatic rings. The highest BCUT2D eigenvalue weighted by Crippen LogP contribution is 2.25. The van der Waals surface area contributed by atoms with Crippen LogP contribution in [0.2, 0.25) is 0 Å². The number of para-hydroxylation sites is 1. The summed E-state index contributed by atoms with van der Waals surface area (Å²) in [5.41, 5.74) is 2.43. The number of nitrogens with zero attached hydrogens (tertiary/aromatic N) is 3. The zero-order chi connectivity index (χ0) is 17.2. The fourth-order valence-corrected chi connectivity index (χ4v) is 2.72. The Morgan fingerprint density at radius 1 is 1.20 bits per heavy atom. The molecule has 1 amide bonds. The van der Waals surface area contributed by atoms with Gasteiger partial charge in [0.15, 0.2) is 5.65 Å². The number of carbonyl (C=O) groups is 1. The molecule has 0 bridgehead atoms. The lowest BCUT2D eigenvalue weighted by Crippen LogP contribution is -2.24. The second kappa shape index (κ2) is 6.20. The van der Waals surface area contributed by atoms with E-state index in [4.69, 9.17) is 4.74 Å². The average Bonchev–Trinajstić information content (AvgIpc) is 3.08. The maximum absolute atomic E-state index is 12.5. The van der Waals surface area contributed by atoms with E-state index in [0.29, 0.717) is 29.2 Å². The van der Waals surface area contributed by atoms with Gasteiger partial charge in [-0.15, -0.1) is 0 Å². The highest BCUT2D eigenvalue weighted by molar-refractivity contribution is 5.97. The first-order chi connectivity index (χ1) is 12.3. The number of methoxy groups -OCH3 is 1. The predicted molar refractivity (Wildman–Crippen MR) is 93.4 cm³/mol. The van der Waals surface area contributed by atoms with Crippen molar-refractivity contribution in [1.82, 2.24) is 25.5 Å². The van der Waals surface area contributed by atoms with Gasteiger partial charge in [-0.05, 0) is 24.3 Å². The number of aromatic amines is 1. The summed E-state index contributed by atoms with van der Waals surface area (Å²) >= 11 is 0. The maximum atomic E-state index is 12.5. The van der Waals surface area contributed by atoms with Crippen molar-refractivity contribution in [3.05, 3.63) is 60.0 Å². The molecule has 0 aliphatic rings. The summed E-state index contributed by atoms with van der Waals surface area (Å²) in [7, 11) is 1.58. The van der Waals surface area contributed by atoms with Crippen molar-refractivity contribution in [1.29, 1.82) is 0 Å². The van der Waals surface area contributed by atoms with E-state index >= 15 is 0 Å². The lowest BCUT2D eigenvalue weighted by molar-refractivity contribution is 0.0945. The molecule has 7 heteroatoms. The third-order valence-corrected chi connectivity index (χ3v) is 3.97. The second-order valence-electron chi connectivity index (χ2n) is 5.49. The lowest BCUT2D eigenvalue weighted by atomic mass is 10.1. The van der Waals surface area contributed by atoms with Crippen LogP contribution in [0, 0.1) is 0 Å². The fraction of sp³-hybridized carbons (Fsp3) is 0.111. The first-order valence-electron chi connectivity index (χ1n) is 7.76. The topological polar surface area (TPSA) is 92.8 Å². The van der Waals surface area contributed by atoms with Crippen LogP contribution in [0.25, 0.3) is 21.9 Å². The van der Waals surface area contributed by atoms with Crippen LogP contribution in [0.5, 0.6) is 5.75 Å². The van der Waals surface area contributed by atoms with Crippen LogP contribution < -0.4 is 10.1 Å². The molecule has 0 spiro atoms. The number of benzene rings is 1. The van der Waals surface area contributed by atoms with E-state index in [1.165, 1.54) is 0 Å². The van der Waals surface area contributed by atoms with Crippen LogP contribution in [-0.4, -0.2) is 33.2 Å². The Morgan fingerprint density at radius 3 is 2.92 bits per heavy atom. The Labute approximate surface area is 143 Å². The van der Waals surface area contributed by atoms with E-state index in [1.54, 1.807) is 19.4 Å². The van der Waals surface area contributed by atoms with E-state index in [0.717, 1.165) is 16.5 Å². The maximum Gasteiger partial charge on any atom is 0.270 e. The van der Waals surface area contributed by atoms with Gasteiger partial charge in [-0.1, -0.05) is 12.1 Å². The van der Waals surface area contributed by atoms with E-state index in [-0.39, 0.29) is 5.91 Å². The molecule has 2 N–H and O–H groups in total. The van der Waals surface area contributed by atoms with Crippen LogP contribution in [-0.2, 0) is 6.54 Å². The number of hydrogen-bond acceptors (Lipinski definition) is 5. The van der Waals surface area contributed by atoms with Crippen LogP contribution >= 0.6 is 0 Å². The predicted octanol–water partition coefficient (Wildman–Crippen LogP) is 2.44. The number of amides is 1. The summed E-state index contributed by atoms with van der Waals surface area (Å²) in [6, 6.07) is 12.9. The highest BCUT2D eigenvalue weighted by atomic mass is 16.5. The van der Waals surface area contributed by atoms with Gasteiger partial charge in [-0.3, -0.25) is 9.89 Å². The van der Waals surface area contributed by atoms with Crippen molar-refractivity contribution in [3.63, 3.8) is 0 Å². The Hall–Kier alpha value is -3.48. The summed E-state index contributed by atoms with van der Waals surface area (Å²) in [5, 5.41) is 11.6. The van der Waals surface area contributed by atoms with Crippen molar-refractivity contribution < 1.29 is 9.53 Å². The van der Waals surface area contributed by atoms with Crippen molar-refractivity contribution in [2.45, 2.75) is 6.54 Å². The first kappa shape index (κ1) is 15.1. The number of ether oxygens (including phenoxy) is 1. The Morgan fingerprint density at radius 2 is 2.04 bits per heavy atom. The molecule has 0 atom stereocenters. The Kier molecular flexibility index (Phi) is 3.74. The molecule has 0 aliphatic carbocycles. The van der Waals surface area contributed by atoms with E-state index in [1.807, 2.05) is 36.4 Å². The van der Waals surface area contributed by atoms with Crippen LogP contribution in [0.4, 0.5) is 0 Å². The van der Waals surface area contributed by atoms with Gasteiger partial charge >= 0.3 is 0 Å². The largest absolute Gasteiger partial charge is 0.496 e. The minimum absolute atomic E-state index is 0.282. The van der Waals surface area contributed by atoms with Crippen molar-refractivity contribution in [2.24, 2.45) is 0 Å². The standard InChI is InChI=1S/C18H15N5O2/c1-25-16-9-14(21-13-7-3-2-5-11(13)16)18(24)20-10-15-12-6-4-8-19-17(12)23-22-15/h2-9H,10H2,1H3,(H,20,24)(H,19,22,23). The van der Waals surface area contributed by atoms with Gasteiger partial charge in [-0.25, -0.2) is 9.97 Å². The summed E-state index contributed by atoms with van der Waals surface area (Å²) in [5.74, 6) is 0.336. The fourth-order valence-electron chi connectivity index (χ4n) is 2.72. The summed E-state index contributed by atoms with van der Waals surface area (Å²) in [6.45, 7) is 0.303. The number of nitrogens with one attached hydrogen (secondary N) is 2. The van der Waals surface area contributed by atoms with Crippen molar-refractivity contribution in [2.75, 3.05) is 7.11 Å². The molecule has 1 aromatic carbocycles. The summed E-state index contributed by atoms with van der Waals surface area (Å²) in [6.07, 6.45) is 1.68. The second-order valence-corrected chi connectivity index (χ2v) is 5.49. The molecule has 124 valence electrons. The molecule has 7 nitrogen and oxygen atoms in total. The molecule has 0 unspecified atom stereocenters. The number of aromatic nitrogens is 4. The molecular formula is C18H15N5O2. The van der Waals surface area contributed by atoms with Crippen LogP contribution in [0.1, 0.15) is 16.2 Å². The molecule has 4 rings (SSSR count). The molecule has 0 aliphatic heterocycles. The lowest BCUT2D eigenvalue weighted by Gasteiger charge is -2.09. The summed E-state index contributed by atoms with van der Waals surface area (Å²) < 4.78 is 5.38. The molecule has 25 heavy (non-hydrogen) atoms. The van der Waals surface area contributed by atoms with E-state index in [9.17, 15) is 4.79 Å². The molecular weight excluding hydrogens is 318 g/mol. The molecule has 0 radical (unpaired) electrons. The number of carbonyl (C=O) groups excluding carboxylic acids is 1. The average molecular weight is 333 g/mol. The Balaban J connectivity index is 1.60. The minimum Gasteiger partial charge on any atom is -0.496 e. The number of hydrogen-bond donors (Lipinski definition) is 2. The molecule has 3 aromatic heterocycles.